The summed E-state index contributed by atoms with van der Waals surface area (Å²) in [4.78, 5) is 17.1. The van der Waals surface area contributed by atoms with Gasteiger partial charge in [-0.3, -0.25) is 14.6 Å². The van der Waals surface area contributed by atoms with Gasteiger partial charge in [0.05, 0.1) is 12.6 Å². The highest BCUT2D eigenvalue weighted by Gasteiger charge is 2.27. The van der Waals surface area contributed by atoms with Crippen molar-refractivity contribution in [1.82, 2.24) is 30.0 Å². The van der Waals surface area contributed by atoms with Gasteiger partial charge >= 0.3 is 5.97 Å². The maximum absolute atomic E-state index is 10.7. The van der Waals surface area contributed by atoms with Crippen LogP contribution in [0.3, 0.4) is 0 Å². The molecular formula is C29H32N6O3. The molecule has 1 atom stereocenters. The number of benzene rings is 3. The van der Waals surface area contributed by atoms with E-state index < -0.39 is 5.97 Å². The Morgan fingerprint density at radius 1 is 0.895 bits per heavy atom. The van der Waals surface area contributed by atoms with E-state index in [9.17, 15) is 9.90 Å². The van der Waals surface area contributed by atoms with Gasteiger partial charge < -0.3 is 10.2 Å². The van der Waals surface area contributed by atoms with Gasteiger partial charge in [-0.05, 0) is 40.5 Å². The molecule has 1 aliphatic heterocycles. The molecule has 0 radical (unpaired) electrons. The minimum atomic E-state index is -0.833. The molecule has 2 heterocycles. The van der Waals surface area contributed by atoms with Crippen LogP contribution in [0.5, 0.6) is 5.75 Å². The topological polar surface area (TPSA) is 108 Å². The Bertz CT molecular complexity index is 1330. The van der Waals surface area contributed by atoms with Crippen LogP contribution >= 0.6 is 0 Å². The zero-order chi connectivity index (χ0) is 26.3. The number of phenolic OH excluding ortho intramolecular Hbond substituents is 1. The van der Waals surface area contributed by atoms with Crippen LogP contribution in [-0.4, -0.2) is 72.4 Å². The maximum Gasteiger partial charge on any atom is 0.303 e. The highest BCUT2D eigenvalue weighted by molar-refractivity contribution is 5.66. The zero-order valence-electron chi connectivity index (χ0n) is 21.2. The minimum Gasteiger partial charge on any atom is -0.508 e. The van der Waals surface area contributed by atoms with Crippen molar-refractivity contribution >= 4 is 5.97 Å². The Labute approximate surface area is 221 Å². The van der Waals surface area contributed by atoms with Crippen LogP contribution in [0.1, 0.15) is 35.6 Å². The largest absolute Gasteiger partial charge is 0.508 e. The van der Waals surface area contributed by atoms with Crippen molar-refractivity contribution in [1.29, 1.82) is 0 Å². The summed E-state index contributed by atoms with van der Waals surface area (Å²) in [5, 5.41) is 31.6. The van der Waals surface area contributed by atoms with Gasteiger partial charge in [0.2, 0.25) is 5.82 Å². The standard InChI is InChI=1S/C29H32N6O3/c36-26-9-4-8-25(20-26)28(34-18-16-33(17-19-34)21-22-6-2-1-3-7-22)23-11-13-24(14-12-23)29-30-32-35(31-29)15-5-10-27(37)38/h1-4,6-9,11-14,20,28,36H,5,10,15-19,21H2,(H,37,38)/t28-/m1/s1. The third-order valence-electron chi connectivity index (χ3n) is 6.89. The Balaban J connectivity index is 1.31. The van der Waals surface area contributed by atoms with Crippen molar-refractivity contribution in [3.8, 4) is 17.1 Å². The van der Waals surface area contributed by atoms with E-state index >= 15 is 0 Å². The number of aromatic nitrogens is 4. The number of nitrogens with zero attached hydrogens (tertiary/aromatic N) is 6. The summed E-state index contributed by atoms with van der Waals surface area (Å²) in [6, 6.07) is 26.3. The first-order valence-electron chi connectivity index (χ1n) is 12.9. The number of hydrogen-bond donors (Lipinski definition) is 2. The number of rotatable bonds is 10. The number of carbonyl (C=O) groups is 1. The van der Waals surface area contributed by atoms with Gasteiger partial charge in [0.1, 0.15) is 5.75 Å². The molecule has 3 aromatic carbocycles. The van der Waals surface area contributed by atoms with E-state index in [1.165, 1.54) is 10.4 Å². The summed E-state index contributed by atoms with van der Waals surface area (Å²) in [5.41, 5.74) is 4.36. The fourth-order valence-electron chi connectivity index (χ4n) is 4.97. The minimum absolute atomic E-state index is 0.00897. The molecule has 0 bridgehead atoms. The molecule has 38 heavy (non-hydrogen) atoms. The highest BCUT2D eigenvalue weighted by Crippen LogP contribution is 2.32. The normalized spacial score (nSPS) is 15.4. The lowest BCUT2D eigenvalue weighted by Gasteiger charge is -2.40. The summed E-state index contributed by atoms with van der Waals surface area (Å²) >= 11 is 0. The van der Waals surface area contributed by atoms with Crippen molar-refractivity contribution in [3.63, 3.8) is 0 Å². The van der Waals surface area contributed by atoms with Crippen LogP contribution in [0.25, 0.3) is 11.4 Å². The second-order valence-electron chi connectivity index (χ2n) is 9.62. The molecule has 4 aromatic rings. The maximum atomic E-state index is 10.7. The fraction of sp³-hybridized carbons (Fsp3) is 0.310. The third-order valence-corrected chi connectivity index (χ3v) is 6.89. The molecule has 1 aromatic heterocycles. The van der Waals surface area contributed by atoms with E-state index in [1.54, 1.807) is 6.07 Å². The molecule has 9 nitrogen and oxygen atoms in total. The van der Waals surface area contributed by atoms with E-state index in [4.69, 9.17) is 5.11 Å². The second-order valence-corrected chi connectivity index (χ2v) is 9.62. The van der Waals surface area contributed by atoms with Crippen molar-refractivity contribution < 1.29 is 15.0 Å². The molecule has 0 amide bonds. The summed E-state index contributed by atoms with van der Waals surface area (Å²) in [7, 11) is 0. The van der Waals surface area contributed by atoms with E-state index in [1.807, 2.05) is 30.3 Å². The lowest BCUT2D eigenvalue weighted by atomic mass is 9.95. The summed E-state index contributed by atoms with van der Waals surface area (Å²) in [6.45, 7) is 5.13. The molecule has 1 fully saturated rings. The monoisotopic (exact) mass is 512 g/mol. The Morgan fingerprint density at radius 2 is 1.66 bits per heavy atom. The number of aryl methyl sites for hydroxylation is 1. The first-order chi connectivity index (χ1) is 18.5. The average molecular weight is 513 g/mol. The first-order valence-corrected chi connectivity index (χ1v) is 12.9. The molecule has 196 valence electrons. The molecular weight excluding hydrogens is 480 g/mol. The van der Waals surface area contributed by atoms with Gasteiger partial charge in [0.15, 0.2) is 0 Å². The molecule has 0 aliphatic carbocycles. The average Bonchev–Trinajstić information content (AvgIpc) is 3.40. The van der Waals surface area contributed by atoms with Crippen molar-refractivity contribution in [3.05, 3.63) is 95.6 Å². The first kappa shape index (κ1) is 25.6. The predicted octanol–water partition coefficient (Wildman–Crippen LogP) is 3.82. The van der Waals surface area contributed by atoms with Crippen molar-refractivity contribution in [2.45, 2.75) is 32.0 Å². The van der Waals surface area contributed by atoms with E-state index in [2.05, 4.69) is 67.7 Å². The highest BCUT2D eigenvalue weighted by atomic mass is 16.4. The van der Waals surface area contributed by atoms with E-state index in [0.717, 1.165) is 49.4 Å². The van der Waals surface area contributed by atoms with Gasteiger partial charge in [-0.25, -0.2) is 0 Å². The second kappa shape index (κ2) is 12.0. The summed E-state index contributed by atoms with van der Waals surface area (Å²) < 4.78 is 0. The third kappa shape index (κ3) is 6.42. The number of tetrazole rings is 1. The molecule has 0 unspecified atom stereocenters. The molecule has 1 aliphatic rings. The zero-order valence-corrected chi connectivity index (χ0v) is 21.2. The van der Waals surface area contributed by atoms with E-state index in [-0.39, 0.29) is 18.2 Å². The quantitative estimate of drug-likeness (QED) is 0.330. The van der Waals surface area contributed by atoms with Crippen LogP contribution in [0.2, 0.25) is 0 Å². The smallest absolute Gasteiger partial charge is 0.303 e. The van der Waals surface area contributed by atoms with Gasteiger partial charge in [0, 0.05) is 44.7 Å². The summed E-state index contributed by atoms with van der Waals surface area (Å²) in [6.07, 6.45) is 0.525. The van der Waals surface area contributed by atoms with Crippen molar-refractivity contribution in [2.24, 2.45) is 0 Å². The van der Waals surface area contributed by atoms with Crippen LogP contribution in [0.4, 0.5) is 0 Å². The molecule has 0 saturated carbocycles. The van der Waals surface area contributed by atoms with E-state index in [0.29, 0.717) is 18.8 Å². The number of carboxylic acid groups (broad SMARTS) is 1. The Morgan fingerprint density at radius 3 is 2.37 bits per heavy atom. The van der Waals surface area contributed by atoms with Gasteiger partial charge in [0.25, 0.3) is 0 Å². The van der Waals surface area contributed by atoms with Gasteiger partial charge in [-0.1, -0.05) is 66.7 Å². The number of aliphatic carboxylic acids is 1. The van der Waals surface area contributed by atoms with Crippen LogP contribution < -0.4 is 0 Å². The van der Waals surface area contributed by atoms with Crippen LogP contribution in [0.15, 0.2) is 78.9 Å². The molecule has 9 heteroatoms. The number of aromatic hydroxyl groups is 1. The number of phenols is 1. The number of piperazine rings is 1. The molecule has 0 spiro atoms. The molecule has 2 N–H and O–H groups in total. The van der Waals surface area contributed by atoms with Crippen LogP contribution in [0, 0.1) is 0 Å². The van der Waals surface area contributed by atoms with Crippen LogP contribution in [-0.2, 0) is 17.9 Å². The fourth-order valence-corrected chi connectivity index (χ4v) is 4.97. The number of hydrogen-bond acceptors (Lipinski definition) is 7. The van der Waals surface area contributed by atoms with Gasteiger partial charge in [-0.15, -0.1) is 10.2 Å². The number of carboxylic acids is 1. The molecule has 1 saturated heterocycles. The lowest BCUT2D eigenvalue weighted by Crippen LogP contribution is -2.47. The Kier molecular flexibility index (Phi) is 8.06. The lowest BCUT2D eigenvalue weighted by molar-refractivity contribution is -0.137. The SMILES string of the molecule is O=C(O)CCCn1nnc(-c2ccc([C@H](c3cccc(O)c3)N3CCN(Cc4ccccc4)CC3)cc2)n1. The summed E-state index contributed by atoms with van der Waals surface area (Å²) in [5.74, 6) is -0.0642. The Hall–Kier alpha value is -4.08. The molecule has 5 rings (SSSR count). The van der Waals surface area contributed by atoms with Crippen molar-refractivity contribution in [2.75, 3.05) is 26.2 Å². The van der Waals surface area contributed by atoms with Gasteiger partial charge in [-0.2, -0.15) is 4.80 Å². The predicted molar refractivity (Wildman–Crippen MR) is 143 cm³/mol.